The number of carbonyl (C=O) groups is 1. The highest BCUT2D eigenvalue weighted by Gasteiger charge is 2.30. The summed E-state index contributed by atoms with van der Waals surface area (Å²) in [5, 5.41) is 10.9. The first-order valence-corrected chi connectivity index (χ1v) is 11.9. The lowest BCUT2D eigenvalue weighted by Crippen LogP contribution is -2.30. The summed E-state index contributed by atoms with van der Waals surface area (Å²) in [5.74, 6) is -0.213. The van der Waals surface area contributed by atoms with E-state index in [0.717, 1.165) is 63.1 Å². The van der Waals surface area contributed by atoms with Gasteiger partial charge in [0.05, 0.1) is 24.2 Å². The molecular formula is C28H30N4O3. The maximum atomic E-state index is 12.0. The maximum Gasteiger partial charge on any atom is 0.307 e. The number of hydrogen-bond acceptors (Lipinski definition) is 5. The Morgan fingerprint density at radius 1 is 1.09 bits per heavy atom. The lowest BCUT2D eigenvalue weighted by molar-refractivity contribution is -0.136. The molecule has 2 aromatic carbocycles. The molecule has 2 aromatic heterocycles. The fourth-order valence-electron chi connectivity index (χ4n) is 5.18. The van der Waals surface area contributed by atoms with Crippen molar-refractivity contribution in [1.82, 2.24) is 14.5 Å². The average Bonchev–Trinajstić information content (AvgIpc) is 3.18. The first-order valence-electron chi connectivity index (χ1n) is 11.9. The third-order valence-corrected chi connectivity index (χ3v) is 6.92. The number of aryl methyl sites for hydroxylation is 2. The number of anilines is 2. The first-order chi connectivity index (χ1) is 16.9. The predicted octanol–water partition coefficient (Wildman–Crippen LogP) is 4.99. The molecule has 7 heteroatoms. The van der Waals surface area contributed by atoms with Gasteiger partial charge in [-0.25, -0.2) is 9.97 Å². The minimum Gasteiger partial charge on any atom is -0.481 e. The highest BCUT2D eigenvalue weighted by atomic mass is 16.5. The van der Waals surface area contributed by atoms with E-state index in [9.17, 15) is 9.90 Å². The molecule has 0 saturated heterocycles. The zero-order valence-corrected chi connectivity index (χ0v) is 20.6. The quantitative estimate of drug-likeness (QED) is 0.410. The normalized spacial score (nSPS) is 13.0. The summed E-state index contributed by atoms with van der Waals surface area (Å²) in [4.78, 5) is 23.5. The summed E-state index contributed by atoms with van der Waals surface area (Å²) in [7, 11) is 1.68. The number of nitrogens with zero attached hydrogens (tertiary/aromatic N) is 4. The summed E-state index contributed by atoms with van der Waals surface area (Å²) < 4.78 is 7.51. The number of aromatic nitrogens is 3. The molecule has 1 aliphatic heterocycles. The van der Waals surface area contributed by atoms with Crippen molar-refractivity contribution in [3.8, 4) is 11.1 Å². The zero-order valence-electron chi connectivity index (χ0n) is 20.6. The van der Waals surface area contributed by atoms with Gasteiger partial charge in [0.25, 0.3) is 0 Å². The van der Waals surface area contributed by atoms with Crippen LogP contribution in [0.25, 0.3) is 22.0 Å². The monoisotopic (exact) mass is 470 g/mol. The van der Waals surface area contributed by atoms with Crippen molar-refractivity contribution in [2.75, 3.05) is 25.2 Å². The van der Waals surface area contributed by atoms with Crippen LogP contribution >= 0.6 is 0 Å². The van der Waals surface area contributed by atoms with Gasteiger partial charge in [0.15, 0.2) is 0 Å². The Bertz CT molecular complexity index is 1410. The SMILES string of the molecule is COCCc1cnc(N2CCn3c(C)cc4c(-c5ccc(C)cc5)c(CC(=O)O)c(C)c2c43)nc1. The van der Waals surface area contributed by atoms with Crippen LogP contribution < -0.4 is 4.90 Å². The number of benzene rings is 2. The summed E-state index contributed by atoms with van der Waals surface area (Å²) in [6.07, 6.45) is 4.42. The molecule has 0 aliphatic carbocycles. The Morgan fingerprint density at radius 2 is 1.80 bits per heavy atom. The lowest BCUT2D eigenvalue weighted by Gasteiger charge is -2.33. The van der Waals surface area contributed by atoms with E-state index >= 15 is 0 Å². The van der Waals surface area contributed by atoms with E-state index in [0.29, 0.717) is 19.1 Å². The number of carboxylic acids is 1. The molecule has 1 aliphatic rings. The van der Waals surface area contributed by atoms with Gasteiger partial charge in [-0.15, -0.1) is 0 Å². The Kier molecular flexibility index (Phi) is 6.03. The summed E-state index contributed by atoms with van der Waals surface area (Å²) >= 11 is 0. The largest absolute Gasteiger partial charge is 0.481 e. The van der Waals surface area contributed by atoms with Gasteiger partial charge in [0.1, 0.15) is 0 Å². The molecule has 4 aromatic rings. The summed E-state index contributed by atoms with van der Waals surface area (Å²) in [6.45, 7) is 8.35. The molecular weight excluding hydrogens is 440 g/mol. The number of carboxylic acid groups (broad SMARTS) is 1. The van der Waals surface area contributed by atoms with Crippen LogP contribution in [0.4, 0.5) is 11.6 Å². The van der Waals surface area contributed by atoms with E-state index in [1.54, 1.807) is 7.11 Å². The van der Waals surface area contributed by atoms with Crippen molar-refractivity contribution in [2.24, 2.45) is 0 Å². The molecule has 180 valence electrons. The smallest absolute Gasteiger partial charge is 0.307 e. The first kappa shape index (κ1) is 23.1. The standard InChI is InChI=1S/C28H30N4O3/c1-17-5-7-21(8-6-17)25-22(14-24(33)34)19(3)26-27-23(25)13-18(2)31(27)10-11-32(26)28-29-15-20(16-30-28)9-12-35-4/h5-8,13,15-16H,9-12,14H2,1-4H3,(H,33,34). The van der Waals surface area contributed by atoms with E-state index < -0.39 is 5.97 Å². The Hall–Kier alpha value is -3.71. The van der Waals surface area contributed by atoms with Crippen LogP contribution in [0.15, 0.2) is 42.7 Å². The molecule has 0 bridgehead atoms. The van der Waals surface area contributed by atoms with Gasteiger partial charge >= 0.3 is 5.97 Å². The molecule has 35 heavy (non-hydrogen) atoms. The van der Waals surface area contributed by atoms with Gasteiger partial charge in [-0.05, 0) is 61.1 Å². The van der Waals surface area contributed by atoms with Crippen molar-refractivity contribution in [3.63, 3.8) is 0 Å². The van der Waals surface area contributed by atoms with Gasteiger partial charge in [-0.1, -0.05) is 29.8 Å². The number of ether oxygens (including phenoxy) is 1. The fourth-order valence-corrected chi connectivity index (χ4v) is 5.18. The van der Waals surface area contributed by atoms with Gasteiger partial charge in [-0.2, -0.15) is 0 Å². The summed E-state index contributed by atoms with van der Waals surface area (Å²) in [6, 6.07) is 10.5. The molecule has 7 nitrogen and oxygen atoms in total. The van der Waals surface area contributed by atoms with E-state index in [2.05, 4.69) is 63.6 Å². The predicted molar refractivity (Wildman–Crippen MR) is 138 cm³/mol. The van der Waals surface area contributed by atoms with Gasteiger partial charge in [0.2, 0.25) is 5.95 Å². The molecule has 0 saturated carbocycles. The van der Waals surface area contributed by atoms with Crippen molar-refractivity contribution in [2.45, 2.75) is 40.2 Å². The lowest BCUT2D eigenvalue weighted by atomic mass is 9.88. The van der Waals surface area contributed by atoms with Crippen LogP contribution in [-0.2, 0) is 28.9 Å². The van der Waals surface area contributed by atoms with Crippen LogP contribution in [0, 0.1) is 20.8 Å². The van der Waals surface area contributed by atoms with Crippen molar-refractivity contribution in [1.29, 1.82) is 0 Å². The van der Waals surface area contributed by atoms with Crippen LogP contribution in [0.5, 0.6) is 0 Å². The van der Waals surface area contributed by atoms with E-state index in [1.807, 2.05) is 19.3 Å². The third kappa shape index (κ3) is 4.06. The highest BCUT2D eigenvalue weighted by Crippen LogP contribution is 2.46. The Balaban J connectivity index is 1.74. The second kappa shape index (κ2) is 9.15. The minimum absolute atomic E-state index is 0.0487. The molecule has 5 rings (SSSR count). The highest BCUT2D eigenvalue weighted by molar-refractivity contribution is 6.08. The molecule has 0 atom stereocenters. The van der Waals surface area contributed by atoms with Crippen LogP contribution in [0.2, 0.25) is 0 Å². The minimum atomic E-state index is -0.842. The van der Waals surface area contributed by atoms with Crippen molar-refractivity contribution < 1.29 is 14.6 Å². The number of rotatable bonds is 7. The van der Waals surface area contributed by atoms with Gasteiger partial charge < -0.3 is 19.3 Å². The fraction of sp³-hybridized carbons (Fsp3) is 0.321. The number of methoxy groups -OCH3 is 1. The average molecular weight is 471 g/mol. The second-order valence-electron chi connectivity index (χ2n) is 9.25. The van der Waals surface area contributed by atoms with Crippen LogP contribution in [-0.4, -0.2) is 45.9 Å². The number of hydrogen-bond donors (Lipinski definition) is 1. The van der Waals surface area contributed by atoms with Crippen molar-refractivity contribution >= 4 is 28.5 Å². The zero-order chi connectivity index (χ0) is 24.7. The molecule has 3 heterocycles. The number of aliphatic carboxylic acids is 1. The topological polar surface area (TPSA) is 80.5 Å². The molecule has 0 spiro atoms. The maximum absolute atomic E-state index is 12.0. The van der Waals surface area contributed by atoms with Crippen LogP contribution in [0.1, 0.15) is 27.9 Å². The van der Waals surface area contributed by atoms with E-state index in [-0.39, 0.29) is 6.42 Å². The summed E-state index contributed by atoms with van der Waals surface area (Å²) in [5.41, 5.74) is 9.31. The molecule has 1 N–H and O–H groups in total. The van der Waals surface area contributed by atoms with Crippen molar-refractivity contribution in [3.05, 3.63) is 70.7 Å². The molecule has 0 amide bonds. The molecule has 0 radical (unpaired) electrons. The van der Waals surface area contributed by atoms with Crippen LogP contribution in [0.3, 0.4) is 0 Å². The second-order valence-corrected chi connectivity index (χ2v) is 9.25. The van der Waals surface area contributed by atoms with E-state index in [1.165, 1.54) is 5.56 Å². The third-order valence-electron chi connectivity index (χ3n) is 6.92. The molecule has 0 fully saturated rings. The van der Waals surface area contributed by atoms with Gasteiger partial charge in [0, 0.05) is 43.7 Å². The van der Waals surface area contributed by atoms with E-state index in [4.69, 9.17) is 4.74 Å². The Labute approximate surface area is 205 Å². The molecule has 0 unspecified atom stereocenters. The Morgan fingerprint density at radius 3 is 2.46 bits per heavy atom. The van der Waals surface area contributed by atoms with Gasteiger partial charge in [-0.3, -0.25) is 4.79 Å².